The standard InChI is InChI=1S/C4H7NO.CH2N4/c6-4-2-1-3-5-4;1-2-4-5-3-1/h1-3H2,(H,5,6);1H,(H,2,3,4,5). The number of aromatic amines is 1. The first kappa shape index (κ1) is 7.64. The molecule has 1 amide bonds. The molecule has 0 bridgehead atoms. The van der Waals surface area contributed by atoms with Crippen LogP contribution < -0.4 is 5.32 Å². The molecule has 1 fully saturated rings. The van der Waals surface area contributed by atoms with Gasteiger partial charge in [-0.1, -0.05) is 5.21 Å². The highest BCUT2D eigenvalue weighted by atomic mass is 16.1. The van der Waals surface area contributed by atoms with Crippen molar-refractivity contribution in [2.45, 2.75) is 12.8 Å². The zero-order valence-electron chi connectivity index (χ0n) is 5.95. The molecule has 1 aliphatic heterocycles. The monoisotopic (exact) mass is 155 g/mol. The largest absolute Gasteiger partial charge is 0.356 e. The summed E-state index contributed by atoms with van der Waals surface area (Å²) in [6.07, 6.45) is 3.10. The second-order valence-corrected chi connectivity index (χ2v) is 2.01. The molecule has 6 heteroatoms. The summed E-state index contributed by atoms with van der Waals surface area (Å²) in [4.78, 5) is 10.1. The van der Waals surface area contributed by atoms with Crippen molar-refractivity contribution in [3.8, 4) is 0 Å². The summed E-state index contributed by atoms with van der Waals surface area (Å²) in [5.41, 5.74) is 0. The number of aromatic nitrogens is 4. The molecule has 1 saturated heterocycles. The summed E-state index contributed by atoms with van der Waals surface area (Å²) in [6, 6.07) is 0. The summed E-state index contributed by atoms with van der Waals surface area (Å²) < 4.78 is 0. The van der Waals surface area contributed by atoms with Crippen LogP contribution in [0, 0.1) is 0 Å². The molecule has 2 heterocycles. The van der Waals surface area contributed by atoms with Gasteiger partial charge in [-0.05, 0) is 6.42 Å². The lowest BCUT2D eigenvalue weighted by Crippen LogP contribution is -2.12. The third-order valence-corrected chi connectivity index (χ3v) is 1.17. The molecule has 0 aromatic carbocycles. The Kier molecular flexibility index (Phi) is 3.04. The summed E-state index contributed by atoms with van der Waals surface area (Å²) in [5.74, 6) is 0.204. The number of H-pyrrole nitrogens is 1. The first-order valence-electron chi connectivity index (χ1n) is 3.32. The molecular formula is C5H9N5O. The minimum absolute atomic E-state index is 0.204. The quantitative estimate of drug-likeness (QED) is 0.508. The van der Waals surface area contributed by atoms with Crippen LogP contribution in [0.1, 0.15) is 12.8 Å². The maximum atomic E-state index is 10.1. The van der Waals surface area contributed by atoms with Crippen molar-refractivity contribution in [3.05, 3.63) is 6.33 Å². The fourth-order valence-electron chi connectivity index (χ4n) is 0.694. The number of hydrogen-bond acceptors (Lipinski definition) is 4. The highest BCUT2D eigenvalue weighted by Crippen LogP contribution is 1.93. The van der Waals surface area contributed by atoms with Crippen LogP contribution in [0.5, 0.6) is 0 Å². The number of nitrogens with one attached hydrogen (secondary N) is 2. The number of tetrazole rings is 1. The number of hydrogen-bond donors (Lipinski definition) is 2. The highest BCUT2D eigenvalue weighted by Gasteiger charge is 2.05. The third-order valence-electron chi connectivity index (χ3n) is 1.17. The van der Waals surface area contributed by atoms with Gasteiger partial charge in [-0.25, -0.2) is 0 Å². The summed E-state index contributed by atoms with van der Waals surface area (Å²) >= 11 is 0. The van der Waals surface area contributed by atoms with E-state index in [0.29, 0.717) is 0 Å². The average Bonchev–Trinajstić information content (AvgIpc) is 2.57. The fraction of sp³-hybridized carbons (Fsp3) is 0.600. The second kappa shape index (κ2) is 4.37. The maximum Gasteiger partial charge on any atom is 0.220 e. The lowest BCUT2D eigenvalue weighted by molar-refractivity contribution is -0.119. The molecule has 1 aromatic rings. The highest BCUT2D eigenvalue weighted by molar-refractivity contribution is 5.77. The molecule has 0 unspecified atom stereocenters. The van der Waals surface area contributed by atoms with E-state index in [1.807, 2.05) is 0 Å². The first-order valence-corrected chi connectivity index (χ1v) is 3.32. The van der Waals surface area contributed by atoms with Crippen molar-refractivity contribution in [1.29, 1.82) is 0 Å². The van der Waals surface area contributed by atoms with Gasteiger partial charge >= 0.3 is 0 Å². The number of carbonyl (C=O) groups is 1. The molecule has 1 aromatic heterocycles. The Balaban J connectivity index is 0.000000112. The number of carbonyl (C=O) groups excluding carboxylic acids is 1. The molecule has 0 saturated carbocycles. The van der Waals surface area contributed by atoms with E-state index in [0.717, 1.165) is 19.4 Å². The molecule has 0 atom stereocenters. The van der Waals surface area contributed by atoms with Crippen molar-refractivity contribution >= 4 is 5.91 Å². The zero-order chi connectivity index (χ0) is 7.94. The van der Waals surface area contributed by atoms with Gasteiger partial charge in [0.2, 0.25) is 5.91 Å². The van der Waals surface area contributed by atoms with Gasteiger partial charge in [-0.15, -0.1) is 10.2 Å². The molecular weight excluding hydrogens is 146 g/mol. The van der Waals surface area contributed by atoms with E-state index in [1.165, 1.54) is 6.33 Å². The van der Waals surface area contributed by atoms with Crippen LogP contribution >= 0.6 is 0 Å². The van der Waals surface area contributed by atoms with E-state index < -0.39 is 0 Å². The minimum Gasteiger partial charge on any atom is -0.356 e. The van der Waals surface area contributed by atoms with E-state index in [9.17, 15) is 4.79 Å². The fourth-order valence-corrected chi connectivity index (χ4v) is 0.694. The van der Waals surface area contributed by atoms with Crippen LogP contribution in [-0.4, -0.2) is 33.1 Å². The molecule has 0 aliphatic carbocycles. The lowest BCUT2D eigenvalue weighted by Gasteiger charge is -1.80. The Morgan fingerprint density at radius 1 is 1.55 bits per heavy atom. The topological polar surface area (TPSA) is 83.6 Å². The summed E-state index contributed by atoms with van der Waals surface area (Å²) in [6.45, 7) is 0.888. The molecule has 6 nitrogen and oxygen atoms in total. The van der Waals surface area contributed by atoms with Crippen molar-refractivity contribution < 1.29 is 4.79 Å². The molecule has 60 valence electrons. The smallest absolute Gasteiger partial charge is 0.220 e. The molecule has 0 spiro atoms. The van der Waals surface area contributed by atoms with Crippen molar-refractivity contribution in [2.24, 2.45) is 0 Å². The van der Waals surface area contributed by atoms with Crippen LogP contribution in [-0.2, 0) is 4.79 Å². The van der Waals surface area contributed by atoms with Crippen molar-refractivity contribution in [1.82, 2.24) is 25.9 Å². The predicted molar refractivity (Wildman–Crippen MR) is 36.4 cm³/mol. The molecule has 2 N–H and O–H groups in total. The van der Waals surface area contributed by atoms with Crippen molar-refractivity contribution in [2.75, 3.05) is 6.54 Å². The third kappa shape index (κ3) is 3.29. The van der Waals surface area contributed by atoms with E-state index in [-0.39, 0.29) is 5.91 Å². The second-order valence-electron chi connectivity index (χ2n) is 2.01. The number of rotatable bonds is 0. The number of amides is 1. The Morgan fingerprint density at radius 3 is 2.64 bits per heavy atom. The molecule has 2 rings (SSSR count). The SMILES string of the molecule is O=C1CCCN1.c1nn[nH]n1. The van der Waals surface area contributed by atoms with Crippen LogP contribution in [0.15, 0.2) is 6.33 Å². The normalized spacial score (nSPS) is 15.1. The zero-order valence-corrected chi connectivity index (χ0v) is 5.95. The minimum atomic E-state index is 0.204. The first-order chi connectivity index (χ1) is 5.39. The summed E-state index contributed by atoms with van der Waals surface area (Å²) in [5, 5.41) is 14.8. The van der Waals surface area contributed by atoms with Gasteiger partial charge in [-0.2, -0.15) is 5.21 Å². The molecule has 0 radical (unpaired) electrons. The lowest BCUT2D eigenvalue weighted by atomic mass is 10.4. The van der Waals surface area contributed by atoms with E-state index in [4.69, 9.17) is 0 Å². The van der Waals surface area contributed by atoms with Crippen LogP contribution in [0.2, 0.25) is 0 Å². The molecule has 1 aliphatic rings. The van der Waals surface area contributed by atoms with Gasteiger partial charge < -0.3 is 5.32 Å². The Labute approximate surface area is 63.4 Å². The predicted octanol–water partition coefficient (Wildman–Crippen LogP) is -0.904. The Bertz CT molecular complexity index is 171. The van der Waals surface area contributed by atoms with Gasteiger partial charge in [0.05, 0.1) is 0 Å². The molecule has 11 heavy (non-hydrogen) atoms. The van der Waals surface area contributed by atoms with Crippen LogP contribution in [0.25, 0.3) is 0 Å². The van der Waals surface area contributed by atoms with E-state index >= 15 is 0 Å². The number of nitrogens with zero attached hydrogens (tertiary/aromatic N) is 3. The van der Waals surface area contributed by atoms with Gasteiger partial charge in [0.15, 0.2) is 6.33 Å². The van der Waals surface area contributed by atoms with Gasteiger partial charge in [0.1, 0.15) is 0 Å². The van der Waals surface area contributed by atoms with Crippen molar-refractivity contribution in [3.63, 3.8) is 0 Å². The maximum absolute atomic E-state index is 10.1. The van der Waals surface area contributed by atoms with Crippen LogP contribution in [0.3, 0.4) is 0 Å². The van der Waals surface area contributed by atoms with Gasteiger partial charge in [0, 0.05) is 13.0 Å². The Hall–Kier alpha value is -1.46. The summed E-state index contributed by atoms with van der Waals surface area (Å²) in [7, 11) is 0. The van der Waals surface area contributed by atoms with E-state index in [2.05, 4.69) is 25.9 Å². The average molecular weight is 155 g/mol. The Morgan fingerprint density at radius 2 is 2.45 bits per heavy atom. The van der Waals surface area contributed by atoms with Crippen LogP contribution in [0.4, 0.5) is 0 Å². The van der Waals surface area contributed by atoms with Gasteiger partial charge in [0.25, 0.3) is 0 Å². The van der Waals surface area contributed by atoms with E-state index in [1.54, 1.807) is 0 Å². The van der Waals surface area contributed by atoms with Gasteiger partial charge in [-0.3, -0.25) is 4.79 Å².